The smallest absolute Gasteiger partial charge is 0.323 e. The van der Waals surface area contributed by atoms with Gasteiger partial charge in [0.1, 0.15) is 17.3 Å². The summed E-state index contributed by atoms with van der Waals surface area (Å²) in [5.74, 6) is -11.8. The fourth-order valence-electron chi connectivity index (χ4n) is 1.35. The van der Waals surface area contributed by atoms with E-state index in [1.807, 2.05) is 10.3 Å². The van der Waals surface area contributed by atoms with Crippen LogP contribution in [-0.2, 0) is 4.79 Å². The lowest BCUT2D eigenvalue weighted by atomic mass is 10.1. The third-order valence-electron chi connectivity index (χ3n) is 2.45. The number of benzene rings is 1. The van der Waals surface area contributed by atoms with E-state index in [1.165, 1.54) is 0 Å². The number of aliphatic carboxylic acids is 1. The van der Waals surface area contributed by atoms with E-state index < -0.39 is 52.4 Å². The lowest BCUT2D eigenvalue weighted by Crippen LogP contribution is -2.49. The van der Waals surface area contributed by atoms with E-state index in [4.69, 9.17) is 10.6 Å². The molecule has 3 N–H and O–H groups in total. The number of carbonyl (C=O) groups is 2. The van der Waals surface area contributed by atoms with Crippen LogP contribution in [0.2, 0.25) is 0 Å². The highest BCUT2D eigenvalue weighted by Crippen LogP contribution is 2.30. The summed E-state index contributed by atoms with van der Waals surface area (Å²) < 4.78 is 54.3. The predicted octanol–water partition coefficient (Wildman–Crippen LogP) is 1.80. The maximum Gasteiger partial charge on any atom is 0.323 e. The van der Waals surface area contributed by atoms with Crippen LogP contribution in [0.5, 0.6) is 0 Å². The van der Waals surface area contributed by atoms with Gasteiger partial charge in [0.25, 0.3) is 5.91 Å². The van der Waals surface area contributed by atoms with E-state index >= 15 is 0 Å². The zero-order valence-electron chi connectivity index (χ0n) is 10.8. The molecule has 0 saturated heterocycles. The maximum absolute atomic E-state index is 13.7. The van der Waals surface area contributed by atoms with Gasteiger partial charge in [-0.2, -0.15) is 12.6 Å². The summed E-state index contributed by atoms with van der Waals surface area (Å²) >= 11 is 3.65. The molecule has 124 valence electrons. The Labute approximate surface area is 130 Å². The van der Waals surface area contributed by atoms with Crippen molar-refractivity contribution >= 4 is 30.2 Å². The second-order valence-electron chi connectivity index (χ2n) is 3.84. The van der Waals surface area contributed by atoms with Gasteiger partial charge >= 0.3 is 5.97 Å². The minimum atomic E-state index is -2.11. The van der Waals surface area contributed by atoms with Crippen molar-refractivity contribution in [1.82, 2.24) is 10.9 Å². The molecule has 0 saturated carbocycles. The van der Waals surface area contributed by atoms with Gasteiger partial charge in [0.15, 0.2) is 23.3 Å². The molecule has 0 heterocycles. The van der Waals surface area contributed by atoms with Crippen LogP contribution in [0, 0.1) is 23.3 Å². The van der Waals surface area contributed by atoms with Crippen LogP contribution in [0.3, 0.4) is 0 Å². The van der Waals surface area contributed by atoms with Crippen molar-refractivity contribution in [2.75, 3.05) is 5.75 Å². The molecule has 0 spiro atoms. The first-order valence-electron chi connectivity index (χ1n) is 5.56. The normalized spacial score (nSPS) is 11.5. The third-order valence-corrected chi connectivity index (χ3v) is 2.82. The van der Waals surface area contributed by atoms with Gasteiger partial charge in [-0.3, -0.25) is 15.0 Å². The Hall–Kier alpha value is -2.50. The molecule has 1 aromatic carbocycles. The molecular weight excluding hydrogens is 346 g/mol. The molecule has 0 aliphatic heterocycles. The lowest BCUT2D eigenvalue weighted by Gasteiger charge is -2.14. The standard InChI is InChI=1S/C10H7F4N5O3S/c11-4-3(9(20)18-16-2(1-23)10(21)22)5(12)7(14)8(6(4)13)17-19-15/h2,16,23H,1H2,(H,18,20)(H,21,22). The van der Waals surface area contributed by atoms with Crippen molar-refractivity contribution in [3.05, 3.63) is 39.3 Å². The van der Waals surface area contributed by atoms with Gasteiger partial charge in [0.2, 0.25) is 0 Å². The Bertz CT molecular complexity index is 681. The summed E-state index contributed by atoms with van der Waals surface area (Å²) in [5, 5.41) is 11.1. The first-order valence-corrected chi connectivity index (χ1v) is 6.20. The number of amides is 1. The zero-order chi connectivity index (χ0) is 17.7. The maximum atomic E-state index is 13.7. The molecule has 1 rings (SSSR count). The van der Waals surface area contributed by atoms with E-state index in [0.29, 0.717) is 0 Å². The molecule has 0 fully saturated rings. The second kappa shape index (κ2) is 7.67. The van der Waals surface area contributed by atoms with Crippen LogP contribution < -0.4 is 10.9 Å². The molecule has 1 atom stereocenters. The number of carboxylic acids is 1. The summed E-state index contributed by atoms with van der Waals surface area (Å²) in [6.45, 7) is 0. The average molecular weight is 353 g/mol. The number of nitrogens with one attached hydrogen (secondary N) is 2. The fraction of sp³-hybridized carbons (Fsp3) is 0.200. The Morgan fingerprint density at radius 2 is 1.74 bits per heavy atom. The zero-order valence-corrected chi connectivity index (χ0v) is 11.7. The SMILES string of the molecule is [N-]=[N+]=Nc1c(F)c(F)c(C(=O)NNC(CS)C(=O)O)c(F)c1F. The van der Waals surface area contributed by atoms with Crippen molar-refractivity contribution in [2.45, 2.75) is 6.04 Å². The number of hydrogen-bond donors (Lipinski definition) is 4. The monoisotopic (exact) mass is 353 g/mol. The number of hydrazine groups is 1. The topological polar surface area (TPSA) is 127 Å². The van der Waals surface area contributed by atoms with E-state index in [9.17, 15) is 27.2 Å². The molecule has 13 heteroatoms. The Morgan fingerprint density at radius 3 is 2.13 bits per heavy atom. The van der Waals surface area contributed by atoms with E-state index in [2.05, 4.69) is 17.7 Å². The Balaban J connectivity index is 3.21. The fourth-order valence-corrected chi connectivity index (χ4v) is 1.60. The number of hydrogen-bond acceptors (Lipinski definition) is 5. The highest BCUT2D eigenvalue weighted by molar-refractivity contribution is 7.80. The second-order valence-corrected chi connectivity index (χ2v) is 4.21. The van der Waals surface area contributed by atoms with Gasteiger partial charge in [0, 0.05) is 10.7 Å². The third kappa shape index (κ3) is 3.83. The van der Waals surface area contributed by atoms with Crippen molar-refractivity contribution in [3.63, 3.8) is 0 Å². The number of nitrogens with zero attached hydrogens (tertiary/aromatic N) is 3. The Kier molecular flexibility index (Phi) is 6.18. The van der Waals surface area contributed by atoms with Crippen molar-refractivity contribution < 1.29 is 32.3 Å². The summed E-state index contributed by atoms with van der Waals surface area (Å²) in [7, 11) is 0. The quantitative estimate of drug-likeness (QED) is 0.118. The van der Waals surface area contributed by atoms with E-state index in [1.54, 1.807) is 5.43 Å². The number of rotatable bonds is 6. The number of carboxylic acid groups (broad SMARTS) is 1. The summed E-state index contributed by atoms with van der Waals surface area (Å²) in [5.41, 5.74) is 8.29. The van der Waals surface area contributed by atoms with Crippen LogP contribution in [0.25, 0.3) is 10.4 Å². The van der Waals surface area contributed by atoms with Gasteiger partial charge in [-0.15, -0.1) is 0 Å². The first kappa shape index (κ1) is 18.5. The molecule has 1 aromatic rings. The highest BCUT2D eigenvalue weighted by atomic mass is 32.1. The molecule has 0 aromatic heterocycles. The summed E-state index contributed by atoms with van der Waals surface area (Å²) in [6, 6.07) is -1.43. The predicted molar refractivity (Wildman–Crippen MR) is 71.0 cm³/mol. The van der Waals surface area contributed by atoms with Gasteiger partial charge in [0.05, 0.1) is 0 Å². The van der Waals surface area contributed by atoms with E-state index in [-0.39, 0.29) is 5.75 Å². The molecule has 1 amide bonds. The molecular formula is C10H7F4N5O3S. The van der Waals surface area contributed by atoms with Crippen molar-refractivity contribution in [3.8, 4) is 0 Å². The van der Waals surface area contributed by atoms with Crippen LogP contribution in [0.1, 0.15) is 10.4 Å². The Morgan fingerprint density at radius 1 is 1.22 bits per heavy atom. The van der Waals surface area contributed by atoms with Gasteiger partial charge in [-0.05, 0) is 5.53 Å². The highest BCUT2D eigenvalue weighted by Gasteiger charge is 2.29. The van der Waals surface area contributed by atoms with E-state index in [0.717, 1.165) is 0 Å². The summed E-state index contributed by atoms with van der Waals surface area (Å²) in [6.07, 6.45) is 0. The average Bonchev–Trinajstić information content (AvgIpc) is 2.50. The molecule has 0 aliphatic carbocycles. The van der Waals surface area contributed by atoms with Gasteiger partial charge in [-0.1, -0.05) is 5.11 Å². The van der Waals surface area contributed by atoms with Crippen molar-refractivity contribution in [1.29, 1.82) is 0 Å². The minimum Gasteiger partial charge on any atom is -0.480 e. The lowest BCUT2D eigenvalue weighted by molar-refractivity contribution is -0.139. The number of carbonyl (C=O) groups excluding carboxylic acids is 1. The molecule has 0 bridgehead atoms. The van der Waals surface area contributed by atoms with Crippen LogP contribution >= 0.6 is 12.6 Å². The summed E-state index contributed by atoms with van der Waals surface area (Å²) in [4.78, 5) is 24.3. The molecule has 1 unspecified atom stereocenters. The van der Waals surface area contributed by atoms with Crippen LogP contribution in [0.15, 0.2) is 5.11 Å². The largest absolute Gasteiger partial charge is 0.480 e. The van der Waals surface area contributed by atoms with Crippen LogP contribution in [0.4, 0.5) is 23.2 Å². The molecule has 0 aliphatic rings. The van der Waals surface area contributed by atoms with Crippen molar-refractivity contribution in [2.24, 2.45) is 5.11 Å². The number of azide groups is 1. The number of thiol groups is 1. The molecule has 0 radical (unpaired) electrons. The van der Waals surface area contributed by atoms with Gasteiger partial charge in [-0.25, -0.2) is 23.0 Å². The van der Waals surface area contributed by atoms with Gasteiger partial charge < -0.3 is 5.11 Å². The van der Waals surface area contributed by atoms with Crippen LogP contribution in [-0.4, -0.2) is 28.8 Å². The minimum absolute atomic E-state index is 0.306. The first-order chi connectivity index (χ1) is 10.8. The number of halogens is 4. The molecule has 23 heavy (non-hydrogen) atoms. The molecule has 8 nitrogen and oxygen atoms in total.